The summed E-state index contributed by atoms with van der Waals surface area (Å²) in [5.74, 6) is -0.703. The van der Waals surface area contributed by atoms with Crippen molar-refractivity contribution in [2.75, 3.05) is 0 Å². The van der Waals surface area contributed by atoms with Crippen LogP contribution in [0, 0.1) is 0 Å². The zero-order valence-electron chi connectivity index (χ0n) is 12.1. The zero-order chi connectivity index (χ0) is 13.9. The van der Waals surface area contributed by atoms with Crippen LogP contribution in [0.3, 0.4) is 0 Å². The van der Waals surface area contributed by atoms with Gasteiger partial charge in [0.1, 0.15) is 13.1 Å². The van der Waals surface area contributed by atoms with E-state index in [1.807, 2.05) is 36.4 Å². The molecular weight excluding hydrogens is 302 g/mol. The number of carbonyl (C=O) groups is 1. The lowest BCUT2D eigenvalue weighted by Gasteiger charge is -2.31. The minimum Gasteiger partial charge on any atom is -1.00 e. The second-order valence-corrected chi connectivity index (χ2v) is 5.36. The van der Waals surface area contributed by atoms with Gasteiger partial charge in [0.2, 0.25) is 0 Å². The normalized spacial score (nSPS) is 19.3. The highest BCUT2D eigenvalue weighted by molar-refractivity contribution is 5.72. The van der Waals surface area contributed by atoms with Gasteiger partial charge in [0, 0.05) is 17.5 Å². The van der Waals surface area contributed by atoms with E-state index in [1.54, 1.807) is 0 Å². The van der Waals surface area contributed by atoms with Crippen molar-refractivity contribution in [2.45, 2.75) is 25.6 Å². The van der Waals surface area contributed by atoms with Gasteiger partial charge in [-0.05, 0) is 5.56 Å². The molecule has 3 rings (SSSR count). The number of carboxylic acids is 1. The van der Waals surface area contributed by atoms with Gasteiger partial charge in [-0.15, -0.1) is 0 Å². The molecule has 0 fully saturated rings. The van der Waals surface area contributed by atoms with Crippen molar-refractivity contribution in [1.82, 2.24) is 0 Å². The Morgan fingerprint density at radius 2 is 1.64 bits per heavy atom. The van der Waals surface area contributed by atoms with Gasteiger partial charge in [-0.1, -0.05) is 54.6 Å². The van der Waals surface area contributed by atoms with Gasteiger partial charge < -0.3 is 27.9 Å². The van der Waals surface area contributed by atoms with Gasteiger partial charge in [-0.2, -0.15) is 0 Å². The first-order valence-corrected chi connectivity index (χ1v) is 6.92. The van der Waals surface area contributed by atoms with Crippen LogP contribution < -0.4 is 17.3 Å². The van der Waals surface area contributed by atoms with Crippen LogP contribution >= 0.6 is 0 Å². The number of benzene rings is 2. The molecule has 0 aliphatic carbocycles. The molecule has 0 radical (unpaired) electrons. The fourth-order valence-corrected chi connectivity index (χ4v) is 2.97. The quantitative estimate of drug-likeness (QED) is 0.654. The van der Waals surface area contributed by atoms with Gasteiger partial charge in [0.25, 0.3) is 0 Å². The number of nitrogens with one attached hydrogen (secondary N) is 1. The lowest BCUT2D eigenvalue weighted by atomic mass is 9.93. The van der Waals surface area contributed by atoms with Crippen molar-refractivity contribution in [2.24, 2.45) is 0 Å². The molecule has 0 saturated carbocycles. The van der Waals surface area contributed by atoms with Crippen molar-refractivity contribution < 1.29 is 32.7 Å². The van der Waals surface area contributed by atoms with Crippen molar-refractivity contribution in [3.63, 3.8) is 0 Å². The number of hydrogen-bond acceptors (Lipinski definition) is 1. The summed E-state index contributed by atoms with van der Waals surface area (Å²) in [6.45, 7) is 1.54. The maximum absolute atomic E-state index is 11.5. The van der Waals surface area contributed by atoms with E-state index in [4.69, 9.17) is 0 Å². The fraction of sp³-hybridized carbons (Fsp3) is 0.235. The molecule has 0 spiro atoms. The van der Waals surface area contributed by atoms with Gasteiger partial charge in [-0.3, -0.25) is 0 Å². The lowest BCUT2D eigenvalue weighted by Crippen LogP contribution is -3.15. The summed E-state index contributed by atoms with van der Waals surface area (Å²) in [5, 5.41) is 9.49. The third-order valence-corrected chi connectivity index (χ3v) is 4.02. The maximum atomic E-state index is 11.5. The molecule has 0 saturated heterocycles. The third kappa shape index (κ3) is 3.85. The molecule has 1 aliphatic rings. The average molecular weight is 322 g/mol. The third-order valence-electron chi connectivity index (χ3n) is 4.02. The molecule has 1 heterocycles. The second kappa shape index (κ2) is 7.94. The molecule has 2 aromatic rings. The van der Waals surface area contributed by atoms with Crippen LogP contribution in [-0.4, -0.2) is 22.6 Å². The highest BCUT2D eigenvalue weighted by Gasteiger charge is 2.34. The van der Waals surface area contributed by atoms with Crippen molar-refractivity contribution in [3.8, 4) is 0 Å². The van der Waals surface area contributed by atoms with Gasteiger partial charge in [0.05, 0.1) is 0 Å². The van der Waals surface area contributed by atoms with E-state index in [2.05, 4.69) is 18.2 Å². The minimum absolute atomic E-state index is 0. The molecule has 2 aromatic carbocycles. The SMILES string of the molecule is O.O=C(O)[C@@H]1Cc2ccccc2C[NH+]1Cc1ccccc1.[Cl-]. The molecule has 0 aromatic heterocycles. The fourth-order valence-electron chi connectivity index (χ4n) is 2.97. The van der Waals surface area contributed by atoms with E-state index >= 15 is 0 Å². The van der Waals surface area contributed by atoms with Crippen LogP contribution in [-0.2, 0) is 24.3 Å². The Hall–Kier alpha value is -1.88. The predicted octanol–water partition coefficient (Wildman–Crippen LogP) is -2.54. The molecule has 4 nitrogen and oxygen atoms in total. The molecule has 1 aliphatic heterocycles. The summed E-state index contributed by atoms with van der Waals surface area (Å²) in [6, 6.07) is 17.9. The number of carboxylic acid groups (broad SMARTS) is 1. The number of fused-ring (bicyclic) bond motifs is 1. The summed E-state index contributed by atoms with van der Waals surface area (Å²) in [4.78, 5) is 12.7. The summed E-state index contributed by atoms with van der Waals surface area (Å²) >= 11 is 0. The summed E-state index contributed by atoms with van der Waals surface area (Å²) in [6.07, 6.45) is 0.619. The standard InChI is InChI=1S/C17H17NO2.ClH.H2O/c19-17(20)16-10-14-8-4-5-9-15(14)12-18(16)11-13-6-2-1-3-7-13;;/h1-9,16H,10-12H2,(H,19,20);1H;1H2/t16-;;/m0../s1. The van der Waals surface area contributed by atoms with E-state index in [0.29, 0.717) is 6.42 Å². The first-order valence-electron chi connectivity index (χ1n) is 6.92. The molecule has 2 atom stereocenters. The summed E-state index contributed by atoms with van der Waals surface area (Å²) in [5.41, 5.74) is 3.64. The second-order valence-electron chi connectivity index (χ2n) is 5.36. The number of quaternary nitrogens is 1. The number of aliphatic carboxylic acids is 1. The summed E-state index contributed by atoms with van der Waals surface area (Å²) < 4.78 is 0. The summed E-state index contributed by atoms with van der Waals surface area (Å²) in [7, 11) is 0. The van der Waals surface area contributed by atoms with Crippen LogP contribution in [0.5, 0.6) is 0 Å². The number of hydrogen-bond donors (Lipinski definition) is 2. The van der Waals surface area contributed by atoms with Crippen LogP contribution in [0.4, 0.5) is 0 Å². The highest BCUT2D eigenvalue weighted by atomic mass is 35.5. The van der Waals surface area contributed by atoms with Crippen LogP contribution in [0.15, 0.2) is 54.6 Å². The largest absolute Gasteiger partial charge is 1.00 e. The Balaban J connectivity index is 0.00000121. The Morgan fingerprint density at radius 3 is 2.27 bits per heavy atom. The Kier molecular flexibility index (Phi) is 6.56. The van der Waals surface area contributed by atoms with E-state index in [1.165, 1.54) is 16.7 Å². The van der Waals surface area contributed by atoms with Gasteiger partial charge in [0.15, 0.2) is 6.04 Å². The zero-order valence-corrected chi connectivity index (χ0v) is 12.9. The van der Waals surface area contributed by atoms with Crippen molar-refractivity contribution >= 4 is 5.97 Å². The van der Waals surface area contributed by atoms with Crippen LogP contribution in [0.2, 0.25) is 0 Å². The molecule has 118 valence electrons. The molecule has 4 N–H and O–H groups in total. The van der Waals surface area contributed by atoms with E-state index < -0.39 is 5.97 Å². The lowest BCUT2D eigenvalue weighted by molar-refractivity contribution is -0.945. The molecule has 0 bridgehead atoms. The average Bonchev–Trinajstić information content (AvgIpc) is 2.47. The maximum Gasteiger partial charge on any atom is 0.362 e. The smallest absolute Gasteiger partial charge is 0.362 e. The molecule has 0 amide bonds. The molecule has 1 unspecified atom stereocenters. The van der Waals surface area contributed by atoms with E-state index in [9.17, 15) is 9.90 Å². The first kappa shape index (κ1) is 18.2. The van der Waals surface area contributed by atoms with Gasteiger partial charge in [-0.25, -0.2) is 4.79 Å². The number of rotatable bonds is 3. The van der Waals surface area contributed by atoms with Crippen LogP contribution in [0.1, 0.15) is 16.7 Å². The molecule has 5 heteroatoms. The highest BCUT2D eigenvalue weighted by Crippen LogP contribution is 2.14. The molecule has 22 heavy (non-hydrogen) atoms. The Labute approximate surface area is 136 Å². The molecular formula is C17H20ClNO3. The van der Waals surface area contributed by atoms with Crippen molar-refractivity contribution in [3.05, 3.63) is 71.3 Å². The van der Waals surface area contributed by atoms with Gasteiger partial charge >= 0.3 is 5.97 Å². The predicted molar refractivity (Wildman–Crippen MR) is 80.0 cm³/mol. The Morgan fingerprint density at radius 1 is 1.05 bits per heavy atom. The number of halogens is 1. The monoisotopic (exact) mass is 321 g/mol. The van der Waals surface area contributed by atoms with Crippen LogP contribution in [0.25, 0.3) is 0 Å². The Bertz CT molecular complexity index is 618. The topological polar surface area (TPSA) is 73.2 Å². The first-order chi connectivity index (χ1) is 9.74. The van der Waals surface area contributed by atoms with E-state index in [0.717, 1.165) is 18.0 Å². The minimum atomic E-state index is -0.703. The van der Waals surface area contributed by atoms with Crippen molar-refractivity contribution in [1.29, 1.82) is 0 Å². The van der Waals surface area contributed by atoms with E-state index in [-0.39, 0.29) is 23.9 Å².